The second-order valence-corrected chi connectivity index (χ2v) is 4.20. The topological polar surface area (TPSA) is 54.0 Å². The summed E-state index contributed by atoms with van der Waals surface area (Å²) in [5.41, 5.74) is 1.39. The van der Waals surface area contributed by atoms with Gasteiger partial charge in [0.25, 0.3) is 5.91 Å². The van der Waals surface area contributed by atoms with Crippen LogP contribution in [0.2, 0.25) is 0 Å². The van der Waals surface area contributed by atoms with Crippen LogP contribution in [-0.4, -0.2) is 36.0 Å². The van der Waals surface area contributed by atoms with Crippen molar-refractivity contribution in [3.05, 3.63) is 24.0 Å². The standard InChI is InChI=1S/C11H17N3OS/c1-3-12-9-4-5-10(14-8-9)11(15)13-6-7-16-2/h4-5,8,12H,3,6-7H2,1-2H3,(H,13,15). The Bertz CT molecular complexity index is 327. The smallest absolute Gasteiger partial charge is 0.269 e. The first-order valence-corrected chi connectivity index (χ1v) is 6.64. The molecule has 1 amide bonds. The number of hydrogen-bond donors (Lipinski definition) is 2. The second-order valence-electron chi connectivity index (χ2n) is 3.21. The number of carbonyl (C=O) groups is 1. The van der Waals surface area contributed by atoms with Crippen LogP contribution in [0.25, 0.3) is 0 Å². The molecule has 88 valence electrons. The fourth-order valence-corrected chi connectivity index (χ4v) is 1.50. The number of thioether (sulfide) groups is 1. The summed E-state index contributed by atoms with van der Waals surface area (Å²) in [6, 6.07) is 3.59. The van der Waals surface area contributed by atoms with E-state index in [1.807, 2.05) is 19.2 Å². The minimum Gasteiger partial charge on any atom is -0.384 e. The van der Waals surface area contributed by atoms with E-state index >= 15 is 0 Å². The van der Waals surface area contributed by atoms with E-state index in [0.29, 0.717) is 12.2 Å². The number of nitrogens with zero attached hydrogens (tertiary/aromatic N) is 1. The number of rotatable bonds is 6. The van der Waals surface area contributed by atoms with Crippen LogP contribution in [0.3, 0.4) is 0 Å². The van der Waals surface area contributed by atoms with Crippen molar-refractivity contribution in [2.75, 3.05) is 30.4 Å². The molecule has 0 radical (unpaired) electrons. The van der Waals surface area contributed by atoms with Gasteiger partial charge in [-0.05, 0) is 25.3 Å². The van der Waals surface area contributed by atoms with E-state index in [9.17, 15) is 4.79 Å². The molecular weight excluding hydrogens is 222 g/mol. The Hall–Kier alpha value is -1.23. The van der Waals surface area contributed by atoms with Gasteiger partial charge in [-0.3, -0.25) is 4.79 Å². The Balaban J connectivity index is 2.49. The number of hydrogen-bond acceptors (Lipinski definition) is 4. The van der Waals surface area contributed by atoms with Gasteiger partial charge in [-0.1, -0.05) is 0 Å². The van der Waals surface area contributed by atoms with Gasteiger partial charge < -0.3 is 10.6 Å². The van der Waals surface area contributed by atoms with Crippen LogP contribution in [0.4, 0.5) is 5.69 Å². The Morgan fingerprint density at radius 3 is 2.88 bits per heavy atom. The quantitative estimate of drug-likeness (QED) is 0.740. The average molecular weight is 239 g/mol. The third kappa shape index (κ3) is 4.10. The lowest BCUT2D eigenvalue weighted by atomic mass is 10.3. The minimum absolute atomic E-state index is 0.114. The first-order chi connectivity index (χ1) is 7.77. The van der Waals surface area contributed by atoms with Crippen molar-refractivity contribution in [2.45, 2.75) is 6.92 Å². The first-order valence-electron chi connectivity index (χ1n) is 5.25. The molecule has 0 aromatic carbocycles. The van der Waals surface area contributed by atoms with E-state index in [2.05, 4.69) is 15.6 Å². The maximum Gasteiger partial charge on any atom is 0.269 e. The van der Waals surface area contributed by atoms with Crippen LogP contribution in [0.5, 0.6) is 0 Å². The van der Waals surface area contributed by atoms with E-state index in [-0.39, 0.29) is 5.91 Å². The molecule has 0 aliphatic carbocycles. The van der Waals surface area contributed by atoms with E-state index in [0.717, 1.165) is 18.0 Å². The van der Waals surface area contributed by atoms with E-state index in [1.54, 1.807) is 24.0 Å². The fraction of sp³-hybridized carbons (Fsp3) is 0.455. The van der Waals surface area contributed by atoms with Crippen LogP contribution >= 0.6 is 11.8 Å². The highest BCUT2D eigenvalue weighted by atomic mass is 32.2. The highest BCUT2D eigenvalue weighted by Gasteiger charge is 2.05. The van der Waals surface area contributed by atoms with Crippen LogP contribution in [0, 0.1) is 0 Å². The molecule has 16 heavy (non-hydrogen) atoms. The molecular formula is C11H17N3OS. The van der Waals surface area contributed by atoms with Gasteiger partial charge in [0.05, 0.1) is 11.9 Å². The van der Waals surface area contributed by atoms with Crippen molar-refractivity contribution in [3.63, 3.8) is 0 Å². The van der Waals surface area contributed by atoms with Gasteiger partial charge in [0, 0.05) is 18.8 Å². The lowest BCUT2D eigenvalue weighted by Crippen LogP contribution is -2.26. The summed E-state index contributed by atoms with van der Waals surface area (Å²) in [5, 5.41) is 5.94. The third-order valence-electron chi connectivity index (χ3n) is 1.97. The van der Waals surface area contributed by atoms with E-state index in [1.165, 1.54) is 0 Å². The molecule has 1 aromatic rings. The van der Waals surface area contributed by atoms with Crippen LogP contribution in [0.1, 0.15) is 17.4 Å². The van der Waals surface area contributed by atoms with Gasteiger partial charge >= 0.3 is 0 Å². The third-order valence-corrected chi connectivity index (χ3v) is 2.58. The predicted octanol–water partition coefficient (Wildman–Crippen LogP) is 1.61. The summed E-state index contributed by atoms with van der Waals surface area (Å²) in [6.45, 7) is 3.54. The number of aromatic nitrogens is 1. The lowest BCUT2D eigenvalue weighted by Gasteiger charge is -2.05. The SMILES string of the molecule is CCNc1ccc(C(=O)NCCSC)nc1. The molecule has 0 atom stereocenters. The second kappa shape index (κ2) is 7.11. The van der Waals surface area contributed by atoms with Crippen molar-refractivity contribution in [1.29, 1.82) is 0 Å². The van der Waals surface area contributed by atoms with Crippen LogP contribution < -0.4 is 10.6 Å². The highest BCUT2D eigenvalue weighted by molar-refractivity contribution is 7.98. The molecule has 0 spiro atoms. The normalized spacial score (nSPS) is 9.88. The summed E-state index contributed by atoms with van der Waals surface area (Å²) < 4.78 is 0. The van der Waals surface area contributed by atoms with Crippen LogP contribution in [0.15, 0.2) is 18.3 Å². The maximum absolute atomic E-state index is 11.6. The van der Waals surface area contributed by atoms with Gasteiger partial charge in [-0.2, -0.15) is 11.8 Å². The zero-order valence-electron chi connectivity index (χ0n) is 9.62. The van der Waals surface area contributed by atoms with Gasteiger partial charge in [0.1, 0.15) is 5.69 Å². The molecule has 1 aromatic heterocycles. The summed E-state index contributed by atoms with van der Waals surface area (Å²) in [4.78, 5) is 15.7. The monoisotopic (exact) mass is 239 g/mol. The summed E-state index contributed by atoms with van der Waals surface area (Å²) in [5.74, 6) is 0.804. The molecule has 0 saturated heterocycles. The maximum atomic E-state index is 11.6. The minimum atomic E-state index is -0.114. The first kappa shape index (κ1) is 12.8. The Labute approximate surface area is 100 Å². The van der Waals surface area contributed by atoms with Crippen molar-refractivity contribution < 1.29 is 4.79 Å². The number of pyridine rings is 1. The van der Waals surface area contributed by atoms with Crippen molar-refractivity contribution in [3.8, 4) is 0 Å². The zero-order valence-corrected chi connectivity index (χ0v) is 10.4. The summed E-state index contributed by atoms with van der Waals surface area (Å²) >= 11 is 1.70. The Kier molecular flexibility index (Phi) is 5.71. The number of nitrogens with one attached hydrogen (secondary N) is 2. The largest absolute Gasteiger partial charge is 0.384 e. The summed E-state index contributed by atoms with van der Waals surface area (Å²) in [6.07, 6.45) is 3.68. The fourth-order valence-electron chi connectivity index (χ4n) is 1.19. The van der Waals surface area contributed by atoms with Gasteiger partial charge in [-0.25, -0.2) is 4.98 Å². The molecule has 0 aliphatic rings. The molecule has 0 fully saturated rings. The number of anilines is 1. The van der Waals surface area contributed by atoms with Gasteiger partial charge in [-0.15, -0.1) is 0 Å². The van der Waals surface area contributed by atoms with E-state index < -0.39 is 0 Å². The molecule has 2 N–H and O–H groups in total. The van der Waals surface area contributed by atoms with Crippen molar-refractivity contribution in [1.82, 2.24) is 10.3 Å². The summed E-state index contributed by atoms with van der Waals surface area (Å²) in [7, 11) is 0. The molecule has 4 nitrogen and oxygen atoms in total. The highest BCUT2D eigenvalue weighted by Crippen LogP contribution is 2.05. The molecule has 0 bridgehead atoms. The molecule has 5 heteroatoms. The van der Waals surface area contributed by atoms with Gasteiger partial charge in [0.2, 0.25) is 0 Å². The molecule has 0 aliphatic heterocycles. The van der Waals surface area contributed by atoms with Crippen LogP contribution in [-0.2, 0) is 0 Å². The molecule has 1 rings (SSSR count). The van der Waals surface area contributed by atoms with Gasteiger partial charge in [0.15, 0.2) is 0 Å². The van der Waals surface area contributed by atoms with Crippen molar-refractivity contribution in [2.24, 2.45) is 0 Å². The predicted molar refractivity (Wildman–Crippen MR) is 69.1 cm³/mol. The number of amides is 1. The molecule has 0 saturated carbocycles. The Morgan fingerprint density at radius 2 is 2.31 bits per heavy atom. The Morgan fingerprint density at radius 1 is 1.50 bits per heavy atom. The number of carbonyl (C=O) groups excluding carboxylic acids is 1. The van der Waals surface area contributed by atoms with E-state index in [4.69, 9.17) is 0 Å². The zero-order chi connectivity index (χ0) is 11.8. The molecule has 0 unspecified atom stereocenters. The van der Waals surface area contributed by atoms with Crippen molar-refractivity contribution >= 4 is 23.4 Å². The average Bonchev–Trinajstić information content (AvgIpc) is 2.30. The lowest BCUT2D eigenvalue weighted by molar-refractivity contribution is 0.0951. The molecule has 1 heterocycles.